The number of nitrogens with one attached hydrogen (secondary N) is 2. The summed E-state index contributed by atoms with van der Waals surface area (Å²) in [5, 5.41) is 5.63. The Morgan fingerprint density at radius 1 is 1.09 bits per heavy atom. The van der Waals surface area contributed by atoms with Gasteiger partial charge >= 0.3 is 0 Å². The second-order valence-electron chi connectivity index (χ2n) is 8.33. The number of furan rings is 1. The zero-order chi connectivity index (χ0) is 24.1. The lowest BCUT2D eigenvalue weighted by molar-refractivity contribution is -0.126. The van der Waals surface area contributed by atoms with E-state index < -0.39 is 5.92 Å². The van der Waals surface area contributed by atoms with Crippen molar-refractivity contribution in [3.8, 4) is 5.75 Å². The summed E-state index contributed by atoms with van der Waals surface area (Å²) in [6.45, 7) is 4.47. The number of amides is 3. The average Bonchev–Trinajstić information content (AvgIpc) is 3.49. The fourth-order valence-electron chi connectivity index (χ4n) is 3.75. The van der Waals surface area contributed by atoms with Gasteiger partial charge in [0.1, 0.15) is 11.5 Å². The maximum atomic E-state index is 12.5. The van der Waals surface area contributed by atoms with Crippen LogP contribution >= 0.6 is 0 Å². The highest BCUT2D eigenvalue weighted by atomic mass is 16.5. The lowest BCUT2D eigenvalue weighted by Crippen LogP contribution is -2.32. The number of aryl methyl sites for hydroxylation is 2. The monoisotopic (exact) mass is 461 g/mol. The molecule has 3 amide bonds. The van der Waals surface area contributed by atoms with Gasteiger partial charge in [-0.15, -0.1) is 0 Å². The van der Waals surface area contributed by atoms with E-state index in [-0.39, 0.29) is 30.7 Å². The summed E-state index contributed by atoms with van der Waals surface area (Å²) in [5.41, 5.74) is 3.66. The van der Waals surface area contributed by atoms with Crippen LogP contribution in [0.1, 0.15) is 23.3 Å². The number of carbonyl (C=O) groups is 3. The summed E-state index contributed by atoms with van der Waals surface area (Å²) in [6.07, 6.45) is 1.70. The summed E-state index contributed by atoms with van der Waals surface area (Å²) >= 11 is 0. The first-order valence-corrected chi connectivity index (χ1v) is 11.1. The number of nitrogens with zero attached hydrogens (tertiary/aromatic N) is 1. The van der Waals surface area contributed by atoms with Crippen LogP contribution in [-0.4, -0.2) is 30.9 Å². The first kappa shape index (κ1) is 23.1. The summed E-state index contributed by atoms with van der Waals surface area (Å²) in [7, 11) is 0. The molecule has 0 spiro atoms. The van der Waals surface area contributed by atoms with Gasteiger partial charge in [-0.2, -0.15) is 0 Å². The van der Waals surface area contributed by atoms with Crippen LogP contribution in [0.4, 0.5) is 11.4 Å². The van der Waals surface area contributed by atoms with Crippen molar-refractivity contribution >= 4 is 29.1 Å². The highest BCUT2D eigenvalue weighted by Crippen LogP contribution is 2.27. The largest absolute Gasteiger partial charge is 0.484 e. The molecule has 1 aliphatic heterocycles. The zero-order valence-electron chi connectivity index (χ0n) is 19.2. The molecular weight excluding hydrogens is 434 g/mol. The molecule has 1 aromatic heterocycles. The van der Waals surface area contributed by atoms with E-state index in [0.29, 0.717) is 30.3 Å². The van der Waals surface area contributed by atoms with Crippen molar-refractivity contribution in [1.29, 1.82) is 0 Å². The second-order valence-corrected chi connectivity index (χ2v) is 8.33. The molecule has 0 saturated carbocycles. The van der Waals surface area contributed by atoms with Gasteiger partial charge in [-0.05, 0) is 73.5 Å². The van der Waals surface area contributed by atoms with Gasteiger partial charge in [-0.25, -0.2) is 0 Å². The van der Waals surface area contributed by atoms with Crippen molar-refractivity contribution in [2.24, 2.45) is 5.92 Å². The number of rotatable bonds is 8. The summed E-state index contributed by atoms with van der Waals surface area (Å²) in [5.74, 6) is 0.200. The predicted molar refractivity (Wildman–Crippen MR) is 127 cm³/mol. The highest BCUT2D eigenvalue weighted by Gasteiger charge is 2.35. The van der Waals surface area contributed by atoms with Crippen LogP contribution in [0.5, 0.6) is 5.75 Å². The Morgan fingerprint density at radius 2 is 1.88 bits per heavy atom. The van der Waals surface area contributed by atoms with Gasteiger partial charge in [0.25, 0.3) is 5.91 Å². The molecule has 0 unspecified atom stereocenters. The Hall–Kier alpha value is -4.07. The van der Waals surface area contributed by atoms with E-state index in [1.807, 2.05) is 32.0 Å². The molecular formula is C26H27N3O5. The maximum absolute atomic E-state index is 12.5. The first-order valence-electron chi connectivity index (χ1n) is 11.1. The summed E-state index contributed by atoms with van der Waals surface area (Å²) in [6, 6.07) is 16.2. The van der Waals surface area contributed by atoms with Crippen molar-refractivity contribution < 1.29 is 23.5 Å². The number of hydrogen-bond acceptors (Lipinski definition) is 5. The lowest BCUT2D eigenvalue weighted by atomic mass is 10.1. The van der Waals surface area contributed by atoms with Crippen LogP contribution in [0.2, 0.25) is 0 Å². The molecule has 4 rings (SSSR count). The number of anilines is 2. The Bertz CT molecular complexity index is 1170. The highest BCUT2D eigenvalue weighted by molar-refractivity contribution is 6.00. The topological polar surface area (TPSA) is 101 Å². The summed E-state index contributed by atoms with van der Waals surface area (Å²) < 4.78 is 10.8. The van der Waals surface area contributed by atoms with Crippen molar-refractivity contribution in [2.45, 2.75) is 26.8 Å². The Balaban J connectivity index is 1.27. The second kappa shape index (κ2) is 10.2. The number of carbonyl (C=O) groups excluding carboxylic acids is 3. The first-order chi connectivity index (χ1) is 16.4. The van der Waals surface area contributed by atoms with E-state index in [2.05, 4.69) is 10.6 Å². The molecule has 8 heteroatoms. The van der Waals surface area contributed by atoms with Crippen LogP contribution in [-0.2, 0) is 20.9 Å². The molecule has 2 N–H and O–H groups in total. The van der Waals surface area contributed by atoms with E-state index in [0.717, 1.165) is 16.8 Å². The third-order valence-electron chi connectivity index (χ3n) is 5.82. The molecule has 0 radical (unpaired) electrons. The molecule has 2 aromatic carbocycles. The van der Waals surface area contributed by atoms with Gasteiger partial charge in [-0.3, -0.25) is 14.4 Å². The fraction of sp³-hybridized carbons (Fsp3) is 0.269. The van der Waals surface area contributed by atoms with Gasteiger partial charge in [0.15, 0.2) is 6.61 Å². The number of ether oxygens (including phenoxy) is 1. The SMILES string of the molecule is Cc1ccc(NC(=O)COc2ccc(N3C[C@@H](C(=O)NCc4ccco4)CC3=O)cc2)cc1C. The Morgan fingerprint density at radius 3 is 2.59 bits per heavy atom. The molecule has 1 saturated heterocycles. The van der Waals surface area contributed by atoms with E-state index in [4.69, 9.17) is 9.15 Å². The number of hydrogen-bond donors (Lipinski definition) is 2. The normalized spacial score (nSPS) is 15.3. The molecule has 2 heterocycles. The molecule has 8 nitrogen and oxygen atoms in total. The van der Waals surface area contributed by atoms with Crippen LogP contribution in [0, 0.1) is 19.8 Å². The maximum Gasteiger partial charge on any atom is 0.262 e. The lowest BCUT2D eigenvalue weighted by Gasteiger charge is -2.17. The van der Waals surface area contributed by atoms with Gasteiger partial charge in [0.2, 0.25) is 11.8 Å². The van der Waals surface area contributed by atoms with E-state index >= 15 is 0 Å². The van der Waals surface area contributed by atoms with Gasteiger partial charge in [0, 0.05) is 24.3 Å². The Kier molecular flexibility index (Phi) is 6.96. The molecule has 1 fully saturated rings. The van der Waals surface area contributed by atoms with Crippen molar-refractivity contribution in [1.82, 2.24) is 5.32 Å². The molecule has 3 aromatic rings. The minimum absolute atomic E-state index is 0.111. The molecule has 0 aliphatic carbocycles. The smallest absolute Gasteiger partial charge is 0.262 e. The van der Waals surface area contributed by atoms with E-state index in [1.165, 1.54) is 0 Å². The number of benzene rings is 2. The van der Waals surface area contributed by atoms with Crippen LogP contribution in [0.3, 0.4) is 0 Å². The third kappa shape index (κ3) is 5.64. The molecule has 1 aliphatic rings. The van der Waals surface area contributed by atoms with Gasteiger partial charge in [-0.1, -0.05) is 6.07 Å². The standard InChI is InChI=1S/C26H27N3O5/c1-17-5-6-20(12-18(17)2)28-24(30)16-34-22-9-7-21(8-10-22)29-15-19(13-25(29)31)26(32)27-14-23-4-3-11-33-23/h3-12,19H,13-16H2,1-2H3,(H,27,32)(H,28,30)/t19-/m0/s1. The fourth-order valence-corrected chi connectivity index (χ4v) is 3.75. The average molecular weight is 462 g/mol. The van der Waals surface area contributed by atoms with Crippen LogP contribution < -0.4 is 20.3 Å². The molecule has 1 atom stereocenters. The van der Waals surface area contributed by atoms with Crippen LogP contribution in [0.25, 0.3) is 0 Å². The van der Waals surface area contributed by atoms with Crippen molar-refractivity contribution in [3.63, 3.8) is 0 Å². The zero-order valence-corrected chi connectivity index (χ0v) is 19.2. The molecule has 0 bridgehead atoms. The molecule has 34 heavy (non-hydrogen) atoms. The van der Waals surface area contributed by atoms with Crippen molar-refractivity contribution in [2.75, 3.05) is 23.4 Å². The minimum Gasteiger partial charge on any atom is -0.484 e. The van der Waals surface area contributed by atoms with Gasteiger partial charge in [0.05, 0.1) is 18.7 Å². The predicted octanol–water partition coefficient (Wildman–Crippen LogP) is 3.58. The Labute approximate surface area is 197 Å². The van der Waals surface area contributed by atoms with E-state index in [9.17, 15) is 14.4 Å². The molecule has 176 valence electrons. The third-order valence-corrected chi connectivity index (χ3v) is 5.82. The van der Waals surface area contributed by atoms with Gasteiger partial charge < -0.3 is 24.7 Å². The quantitative estimate of drug-likeness (QED) is 0.534. The van der Waals surface area contributed by atoms with Crippen LogP contribution in [0.15, 0.2) is 65.3 Å². The van der Waals surface area contributed by atoms with Crippen molar-refractivity contribution in [3.05, 3.63) is 77.7 Å². The minimum atomic E-state index is -0.424. The summed E-state index contributed by atoms with van der Waals surface area (Å²) in [4.78, 5) is 38.7. The van der Waals surface area contributed by atoms with E-state index in [1.54, 1.807) is 47.6 Å².